The van der Waals surface area contributed by atoms with Gasteiger partial charge in [0.2, 0.25) is 5.91 Å². The Morgan fingerprint density at radius 1 is 0.444 bits per heavy atom. The molecular weight excluding hydrogens is 1020 g/mol. The summed E-state index contributed by atoms with van der Waals surface area (Å²) in [5.41, 5.74) is 0. The molecule has 0 aromatic rings. The van der Waals surface area contributed by atoms with Crippen molar-refractivity contribution in [1.29, 1.82) is 0 Å². The number of hydrogen-bond acceptors (Lipinski definition) is 6. The number of carbonyl (C=O) groups is 2. The van der Waals surface area contributed by atoms with Crippen LogP contribution < -0.4 is 5.32 Å². The van der Waals surface area contributed by atoms with Gasteiger partial charge < -0.3 is 19.4 Å². The number of esters is 1. The van der Waals surface area contributed by atoms with E-state index in [1.54, 1.807) is 0 Å². The van der Waals surface area contributed by atoms with Crippen LogP contribution in [0.5, 0.6) is 0 Å². The van der Waals surface area contributed by atoms with Gasteiger partial charge in [-0.3, -0.25) is 18.6 Å². The van der Waals surface area contributed by atoms with E-state index in [9.17, 15) is 19.0 Å². The molecule has 462 valence electrons. The zero-order valence-electron chi connectivity index (χ0n) is 52.7. The summed E-state index contributed by atoms with van der Waals surface area (Å²) in [6, 6.07) is -0.893. The Kier molecular flexibility index (Phi) is 56.5. The number of likely N-dealkylation sites (N-methyl/N-ethyl adjacent to an activating group) is 1. The maximum Gasteiger partial charge on any atom is 0.472 e. The molecule has 81 heavy (non-hydrogen) atoms. The molecule has 0 heterocycles. The van der Waals surface area contributed by atoms with E-state index in [0.717, 1.165) is 122 Å². The summed E-state index contributed by atoms with van der Waals surface area (Å²) in [5, 5.41) is 3.02. The molecule has 0 bridgehead atoms. The molecule has 3 unspecified atom stereocenters. The van der Waals surface area contributed by atoms with Crippen molar-refractivity contribution in [3.63, 3.8) is 0 Å². The highest BCUT2D eigenvalue weighted by molar-refractivity contribution is 7.47. The van der Waals surface area contributed by atoms with Gasteiger partial charge in [-0.1, -0.05) is 251 Å². The Balaban J connectivity index is 5.33. The molecule has 2 N–H and O–H groups in total. The number of rotatable bonds is 57. The second-order valence-corrected chi connectivity index (χ2v) is 24.0. The van der Waals surface area contributed by atoms with Crippen molar-refractivity contribution in [3.05, 3.63) is 134 Å². The van der Waals surface area contributed by atoms with Crippen LogP contribution in [0.3, 0.4) is 0 Å². The third-order valence-corrected chi connectivity index (χ3v) is 14.6. The van der Waals surface area contributed by atoms with Gasteiger partial charge in [-0.15, -0.1) is 0 Å². The van der Waals surface area contributed by atoms with Gasteiger partial charge >= 0.3 is 13.8 Å². The highest BCUT2D eigenvalue weighted by atomic mass is 31.2. The lowest BCUT2D eigenvalue weighted by Gasteiger charge is -2.27. The molecule has 0 fully saturated rings. The van der Waals surface area contributed by atoms with Crippen LogP contribution >= 0.6 is 7.82 Å². The molecule has 3 atom stereocenters. The van der Waals surface area contributed by atoms with Gasteiger partial charge in [0.05, 0.1) is 33.8 Å². The SMILES string of the molecule is CC/C=C\C/C=C\C/C=C\C/C=C\C/C=C\C/C=C\CCCCCCCCC(=O)OC(/C=C\CCCCCCCCCCCCC)C(COP(=O)(O)OCC[N+](C)(C)C)NC(=O)CCC/C=C\C/C=C\C/C=C\C/C=C\CCCCC. The summed E-state index contributed by atoms with van der Waals surface area (Å²) < 4.78 is 30.7. The minimum atomic E-state index is -4.48. The molecule has 0 radical (unpaired) electrons. The quantitative estimate of drug-likeness (QED) is 0.0205. The number of quaternary nitrogens is 1. The average Bonchev–Trinajstić information content (AvgIpc) is 3.44. The Hall–Kier alpha value is -3.85. The fourth-order valence-corrected chi connectivity index (χ4v) is 9.32. The molecule has 0 aliphatic heterocycles. The van der Waals surface area contributed by atoms with Crippen LogP contribution in [0.15, 0.2) is 134 Å². The summed E-state index contributed by atoms with van der Waals surface area (Å²) >= 11 is 0. The van der Waals surface area contributed by atoms with Crippen LogP contribution in [-0.2, 0) is 27.9 Å². The van der Waals surface area contributed by atoms with Crippen molar-refractivity contribution in [2.75, 3.05) is 40.9 Å². The van der Waals surface area contributed by atoms with Gasteiger partial charge in [-0.2, -0.15) is 0 Å². The topological polar surface area (TPSA) is 111 Å². The van der Waals surface area contributed by atoms with E-state index in [-0.39, 0.29) is 37.9 Å². The fraction of sp³-hybridized carbons (Fsp3) is 0.662. The molecular formula is C71H122N2O7P+. The Labute approximate surface area is 498 Å². The summed E-state index contributed by atoms with van der Waals surface area (Å²) in [7, 11) is 1.43. The van der Waals surface area contributed by atoms with E-state index in [4.69, 9.17) is 13.8 Å². The summed E-state index contributed by atoms with van der Waals surface area (Å²) in [6.07, 6.45) is 84.6. The van der Waals surface area contributed by atoms with Gasteiger partial charge in [0.15, 0.2) is 0 Å². The Morgan fingerprint density at radius 2 is 0.802 bits per heavy atom. The molecule has 0 aromatic heterocycles. The van der Waals surface area contributed by atoms with Crippen LogP contribution in [0.25, 0.3) is 0 Å². The molecule has 0 saturated heterocycles. The standard InChI is InChI=1S/C71H121N2O7P/c1-7-10-13-16-19-22-25-28-30-32-33-34-35-36-37-38-39-41-43-46-49-52-55-58-61-64-71(75)80-69(62-59-56-53-50-47-44-27-24-21-18-15-12-9-3)68(67-79-81(76,77)78-66-65-73(4,5)6)72-70(74)63-60-57-54-51-48-45-42-40-31-29-26-23-20-17-14-11-8-2/h10,13,19-20,22-23,28-31,33-34,36-37,39,41-42,45,51,54,59,62,68-69H,7-9,11-12,14-18,21,24-27,32,35,38,40,43-44,46-50,52-53,55-58,60-61,63-67H2,1-6H3,(H-,72,74,76,77)/p+1/b13-10-,22-19-,23-20-,30-28-,31-29-,34-33-,37-36-,41-39-,45-42-,54-51-,62-59-. The summed E-state index contributed by atoms with van der Waals surface area (Å²) in [5.74, 6) is -0.595. The van der Waals surface area contributed by atoms with Gasteiger partial charge in [0.1, 0.15) is 19.3 Å². The highest BCUT2D eigenvalue weighted by Gasteiger charge is 2.30. The van der Waals surface area contributed by atoms with E-state index in [2.05, 4.69) is 148 Å². The smallest absolute Gasteiger partial charge is 0.456 e. The van der Waals surface area contributed by atoms with Crippen LogP contribution in [-0.4, -0.2) is 74.3 Å². The van der Waals surface area contributed by atoms with E-state index < -0.39 is 20.0 Å². The zero-order valence-corrected chi connectivity index (χ0v) is 53.6. The highest BCUT2D eigenvalue weighted by Crippen LogP contribution is 2.43. The lowest BCUT2D eigenvalue weighted by atomic mass is 10.0. The van der Waals surface area contributed by atoms with Crippen molar-refractivity contribution >= 4 is 19.7 Å². The second kappa shape index (κ2) is 59.3. The average molecular weight is 1150 g/mol. The largest absolute Gasteiger partial charge is 0.472 e. The number of amides is 1. The maximum absolute atomic E-state index is 13.5. The first kappa shape index (κ1) is 77.2. The van der Waals surface area contributed by atoms with Crippen molar-refractivity contribution in [2.24, 2.45) is 0 Å². The van der Waals surface area contributed by atoms with Crippen molar-refractivity contribution in [3.8, 4) is 0 Å². The van der Waals surface area contributed by atoms with E-state index >= 15 is 0 Å². The Bertz CT molecular complexity index is 1850. The molecule has 9 nitrogen and oxygen atoms in total. The van der Waals surface area contributed by atoms with Crippen LogP contribution in [0.1, 0.15) is 252 Å². The fourth-order valence-electron chi connectivity index (χ4n) is 8.58. The van der Waals surface area contributed by atoms with Crippen LogP contribution in [0.4, 0.5) is 0 Å². The monoisotopic (exact) mass is 1150 g/mol. The molecule has 0 saturated carbocycles. The van der Waals surface area contributed by atoms with E-state index in [0.29, 0.717) is 23.9 Å². The maximum atomic E-state index is 13.5. The Morgan fingerprint density at radius 3 is 1.23 bits per heavy atom. The van der Waals surface area contributed by atoms with Crippen molar-refractivity contribution in [1.82, 2.24) is 5.32 Å². The number of unbranched alkanes of at least 4 members (excludes halogenated alkanes) is 21. The first-order valence-corrected chi connectivity index (χ1v) is 34.0. The summed E-state index contributed by atoms with van der Waals surface area (Å²) in [4.78, 5) is 37.8. The predicted octanol–water partition coefficient (Wildman–Crippen LogP) is 20.4. The first-order chi connectivity index (χ1) is 39.4. The molecule has 0 aromatic carbocycles. The number of nitrogens with one attached hydrogen (secondary N) is 1. The van der Waals surface area contributed by atoms with Crippen molar-refractivity contribution < 1.29 is 37.3 Å². The number of phosphoric acid groups is 1. The minimum absolute atomic E-state index is 0.0204. The number of phosphoric ester groups is 1. The predicted molar refractivity (Wildman–Crippen MR) is 350 cm³/mol. The minimum Gasteiger partial charge on any atom is -0.456 e. The number of carbonyl (C=O) groups excluding carboxylic acids is 2. The van der Waals surface area contributed by atoms with Gasteiger partial charge in [-0.25, -0.2) is 4.57 Å². The summed E-state index contributed by atoms with van der Waals surface area (Å²) in [6.45, 7) is 6.81. The van der Waals surface area contributed by atoms with Crippen LogP contribution in [0, 0.1) is 0 Å². The molecule has 10 heteroatoms. The molecule has 0 aliphatic rings. The number of hydrogen-bond donors (Lipinski definition) is 2. The lowest BCUT2D eigenvalue weighted by Crippen LogP contribution is -2.47. The van der Waals surface area contributed by atoms with E-state index in [1.165, 1.54) is 83.5 Å². The molecule has 0 aliphatic carbocycles. The van der Waals surface area contributed by atoms with Gasteiger partial charge in [0.25, 0.3) is 0 Å². The van der Waals surface area contributed by atoms with Gasteiger partial charge in [0, 0.05) is 12.8 Å². The van der Waals surface area contributed by atoms with Gasteiger partial charge in [-0.05, 0) is 122 Å². The number of nitrogens with zero attached hydrogens (tertiary/aromatic N) is 1. The zero-order chi connectivity index (χ0) is 59.3. The normalized spacial score (nSPS) is 14.5. The molecule has 0 spiro atoms. The molecule has 0 rings (SSSR count). The second-order valence-electron chi connectivity index (χ2n) is 22.5. The van der Waals surface area contributed by atoms with Crippen LogP contribution in [0.2, 0.25) is 0 Å². The van der Waals surface area contributed by atoms with E-state index in [1.807, 2.05) is 33.3 Å². The lowest BCUT2D eigenvalue weighted by molar-refractivity contribution is -0.870. The van der Waals surface area contributed by atoms with Crippen molar-refractivity contribution in [2.45, 2.75) is 264 Å². The number of ether oxygens (including phenoxy) is 1. The number of allylic oxidation sites excluding steroid dienone is 21. The third-order valence-electron chi connectivity index (χ3n) is 13.6. The first-order valence-electron chi connectivity index (χ1n) is 32.5. The molecule has 1 amide bonds. The third kappa shape index (κ3) is 60.6.